The summed E-state index contributed by atoms with van der Waals surface area (Å²) in [5, 5.41) is 9.79. The third kappa shape index (κ3) is 2.35. The largest absolute Gasteiger partial charge is 0.388 e. The van der Waals surface area contributed by atoms with Crippen molar-refractivity contribution in [1.82, 2.24) is 0 Å². The van der Waals surface area contributed by atoms with Crippen LogP contribution in [0.5, 0.6) is 0 Å². The summed E-state index contributed by atoms with van der Waals surface area (Å²) in [5.41, 5.74) is 0.314. The molecule has 0 saturated heterocycles. The molecule has 78 valence electrons. The molecule has 1 N–H and O–H groups in total. The van der Waals surface area contributed by atoms with Crippen molar-refractivity contribution in [2.75, 3.05) is 0 Å². The van der Waals surface area contributed by atoms with Gasteiger partial charge in [-0.2, -0.15) is 0 Å². The van der Waals surface area contributed by atoms with Gasteiger partial charge in [-0.3, -0.25) is 0 Å². The number of benzene rings is 1. The molecule has 0 heterocycles. The van der Waals surface area contributed by atoms with Gasteiger partial charge in [0.15, 0.2) is 0 Å². The third-order valence-electron chi connectivity index (χ3n) is 2.01. The molecule has 0 bridgehead atoms. The van der Waals surface area contributed by atoms with Gasteiger partial charge in [-0.1, -0.05) is 29.8 Å². The lowest BCUT2D eigenvalue weighted by atomic mass is 9.99. The third-order valence-corrected chi connectivity index (χ3v) is 3.31. The monoisotopic (exact) mass is 324 g/mol. The standard InChI is InChI=1S/C10H11Br2FO/c1-5(2)10(14)8-6(11)3-4-7(12)9(8)13/h3-5,10,14H,1-2H3. The first kappa shape index (κ1) is 12.1. The number of aliphatic hydroxyl groups excluding tert-OH is 1. The maximum Gasteiger partial charge on any atom is 0.144 e. The average molecular weight is 326 g/mol. The molecule has 0 aliphatic carbocycles. The van der Waals surface area contributed by atoms with E-state index in [9.17, 15) is 9.50 Å². The highest BCUT2D eigenvalue weighted by Gasteiger charge is 2.20. The fraction of sp³-hybridized carbons (Fsp3) is 0.400. The fourth-order valence-corrected chi connectivity index (χ4v) is 2.03. The summed E-state index contributed by atoms with van der Waals surface area (Å²) in [7, 11) is 0. The van der Waals surface area contributed by atoms with E-state index in [1.807, 2.05) is 13.8 Å². The van der Waals surface area contributed by atoms with E-state index in [4.69, 9.17) is 0 Å². The van der Waals surface area contributed by atoms with Crippen LogP contribution >= 0.6 is 31.9 Å². The number of aliphatic hydroxyl groups is 1. The first-order valence-electron chi connectivity index (χ1n) is 4.26. The van der Waals surface area contributed by atoms with Gasteiger partial charge in [0.25, 0.3) is 0 Å². The minimum absolute atomic E-state index is 0.0184. The predicted molar refractivity (Wildman–Crippen MR) is 61.6 cm³/mol. The molecule has 1 aromatic carbocycles. The van der Waals surface area contributed by atoms with E-state index in [1.54, 1.807) is 12.1 Å². The van der Waals surface area contributed by atoms with Crippen molar-refractivity contribution in [3.8, 4) is 0 Å². The lowest BCUT2D eigenvalue weighted by Crippen LogP contribution is -2.09. The van der Waals surface area contributed by atoms with Gasteiger partial charge in [0.05, 0.1) is 10.6 Å². The van der Waals surface area contributed by atoms with Gasteiger partial charge in [0, 0.05) is 10.0 Å². The van der Waals surface area contributed by atoms with Crippen molar-refractivity contribution >= 4 is 31.9 Å². The summed E-state index contributed by atoms with van der Waals surface area (Å²) in [4.78, 5) is 0. The lowest BCUT2D eigenvalue weighted by Gasteiger charge is -2.17. The minimum Gasteiger partial charge on any atom is -0.388 e. The number of hydrogen-bond acceptors (Lipinski definition) is 1. The normalized spacial score (nSPS) is 13.4. The molecule has 0 aromatic heterocycles. The molecule has 1 aromatic rings. The molecule has 14 heavy (non-hydrogen) atoms. The van der Waals surface area contributed by atoms with E-state index < -0.39 is 11.9 Å². The molecule has 0 spiro atoms. The Morgan fingerprint density at radius 3 is 2.21 bits per heavy atom. The van der Waals surface area contributed by atoms with Crippen LogP contribution in [0.3, 0.4) is 0 Å². The zero-order chi connectivity index (χ0) is 10.9. The molecular formula is C10H11Br2FO. The summed E-state index contributed by atoms with van der Waals surface area (Å²) < 4.78 is 14.6. The van der Waals surface area contributed by atoms with Crippen LogP contribution in [0.1, 0.15) is 25.5 Å². The van der Waals surface area contributed by atoms with Crippen LogP contribution in [0.25, 0.3) is 0 Å². The molecule has 1 atom stereocenters. The summed E-state index contributed by atoms with van der Waals surface area (Å²) in [5.74, 6) is -0.421. The van der Waals surface area contributed by atoms with Gasteiger partial charge >= 0.3 is 0 Å². The average Bonchev–Trinajstić information content (AvgIpc) is 2.12. The van der Waals surface area contributed by atoms with E-state index in [-0.39, 0.29) is 5.92 Å². The highest BCUT2D eigenvalue weighted by molar-refractivity contribution is 9.11. The van der Waals surface area contributed by atoms with Gasteiger partial charge in [-0.15, -0.1) is 0 Å². The molecule has 4 heteroatoms. The van der Waals surface area contributed by atoms with Gasteiger partial charge in [-0.25, -0.2) is 4.39 Å². The first-order chi connectivity index (χ1) is 6.45. The molecule has 0 saturated carbocycles. The van der Waals surface area contributed by atoms with Crippen molar-refractivity contribution in [3.63, 3.8) is 0 Å². The predicted octanol–water partition coefficient (Wildman–Crippen LogP) is 4.04. The SMILES string of the molecule is CC(C)C(O)c1c(Br)ccc(Br)c1F. The molecular weight excluding hydrogens is 315 g/mol. The highest BCUT2D eigenvalue weighted by Crippen LogP contribution is 2.33. The molecule has 0 aliphatic rings. The Morgan fingerprint density at radius 2 is 1.71 bits per heavy atom. The first-order valence-corrected chi connectivity index (χ1v) is 5.85. The van der Waals surface area contributed by atoms with Crippen molar-refractivity contribution < 1.29 is 9.50 Å². The topological polar surface area (TPSA) is 20.2 Å². The maximum absolute atomic E-state index is 13.6. The lowest BCUT2D eigenvalue weighted by molar-refractivity contribution is 0.122. The summed E-state index contributed by atoms with van der Waals surface area (Å²) >= 11 is 6.32. The van der Waals surface area contributed by atoms with E-state index in [0.717, 1.165) is 0 Å². The van der Waals surface area contributed by atoms with E-state index in [2.05, 4.69) is 31.9 Å². The van der Waals surface area contributed by atoms with Gasteiger partial charge in [-0.05, 0) is 34.0 Å². The fourth-order valence-electron chi connectivity index (χ4n) is 1.15. The maximum atomic E-state index is 13.6. The van der Waals surface area contributed by atoms with Gasteiger partial charge in [0.1, 0.15) is 5.82 Å². The Balaban J connectivity index is 3.25. The van der Waals surface area contributed by atoms with Gasteiger partial charge in [0.2, 0.25) is 0 Å². The number of halogens is 3. The van der Waals surface area contributed by atoms with Crippen LogP contribution in [-0.2, 0) is 0 Å². The second-order valence-corrected chi connectivity index (χ2v) is 5.15. The number of rotatable bonds is 2. The van der Waals surface area contributed by atoms with Crippen molar-refractivity contribution in [3.05, 3.63) is 32.5 Å². The molecule has 0 fully saturated rings. The number of hydrogen-bond donors (Lipinski definition) is 1. The van der Waals surface area contributed by atoms with Crippen LogP contribution in [0, 0.1) is 11.7 Å². The Kier molecular flexibility index (Phi) is 4.10. The van der Waals surface area contributed by atoms with Crippen LogP contribution in [0.2, 0.25) is 0 Å². The summed E-state index contributed by atoms with van der Waals surface area (Å²) in [6, 6.07) is 3.32. The zero-order valence-electron chi connectivity index (χ0n) is 7.89. The minimum atomic E-state index is -0.790. The molecule has 0 aliphatic heterocycles. The Labute approximate surface area is 99.6 Å². The quantitative estimate of drug-likeness (QED) is 0.814. The van der Waals surface area contributed by atoms with Gasteiger partial charge < -0.3 is 5.11 Å². The molecule has 0 radical (unpaired) electrons. The van der Waals surface area contributed by atoms with E-state index in [0.29, 0.717) is 14.5 Å². The molecule has 1 unspecified atom stereocenters. The molecule has 1 nitrogen and oxygen atoms in total. The molecule has 1 rings (SSSR count). The van der Waals surface area contributed by atoms with Crippen LogP contribution < -0.4 is 0 Å². The van der Waals surface area contributed by atoms with Crippen LogP contribution in [-0.4, -0.2) is 5.11 Å². The van der Waals surface area contributed by atoms with Crippen LogP contribution in [0.4, 0.5) is 4.39 Å². The second-order valence-electron chi connectivity index (χ2n) is 3.45. The summed E-state index contributed by atoms with van der Waals surface area (Å²) in [6.07, 6.45) is -0.790. The Morgan fingerprint density at radius 1 is 1.21 bits per heavy atom. The van der Waals surface area contributed by atoms with Crippen LogP contribution in [0.15, 0.2) is 21.1 Å². The van der Waals surface area contributed by atoms with Crippen molar-refractivity contribution in [2.45, 2.75) is 20.0 Å². The zero-order valence-corrected chi connectivity index (χ0v) is 11.1. The van der Waals surface area contributed by atoms with Crippen molar-refractivity contribution in [2.24, 2.45) is 5.92 Å². The molecule has 0 amide bonds. The second kappa shape index (κ2) is 4.73. The van der Waals surface area contributed by atoms with Crippen molar-refractivity contribution in [1.29, 1.82) is 0 Å². The van der Waals surface area contributed by atoms with E-state index in [1.165, 1.54) is 0 Å². The smallest absolute Gasteiger partial charge is 0.144 e. The summed E-state index contributed by atoms with van der Waals surface area (Å²) in [6.45, 7) is 3.69. The van der Waals surface area contributed by atoms with E-state index >= 15 is 0 Å². The Bertz CT molecular complexity index is 339. The Hall–Kier alpha value is 0.0700. The highest BCUT2D eigenvalue weighted by atomic mass is 79.9.